The molecule has 0 radical (unpaired) electrons. The molecule has 0 fully saturated rings. The van der Waals surface area contributed by atoms with Gasteiger partial charge in [0.25, 0.3) is 0 Å². The summed E-state index contributed by atoms with van der Waals surface area (Å²) in [4.78, 5) is 0. The van der Waals surface area contributed by atoms with Crippen molar-refractivity contribution in [1.29, 1.82) is 5.26 Å². The molecule has 0 aliphatic heterocycles. The lowest BCUT2D eigenvalue weighted by Gasteiger charge is -2.00. The van der Waals surface area contributed by atoms with Gasteiger partial charge in [-0.2, -0.15) is 9.83 Å². The molecule has 3 aromatic rings. The van der Waals surface area contributed by atoms with Crippen LogP contribution in [-0.2, 0) is 6.54 Å². The van der Waals surface area contributed by atoms with Gasteiger partial charge in [0, 0.05) is 36.4 Å². The third kappa shape index (κ3) is 4.50. The van der Waals surface area contributed by atoms with Crippen molar-refractivity contribution in [2.24, 2.45) is 0 Å². The molecule has 1 aromatic carbocycles. The maximum Gasteiger partial charge on any atom is 0.210 e. The normalized spacial score (nSPS) is 9.33. The molecule has 24 heavy (non-hydrogen) atoms. The maximum absolute atomic E-state index is 8.84. The second kappa shape index (κ2) is 9.31. The van der Waals surface area contributed by atoms with E-state index in [1.54, 1.807) is 0 Å². The minimum Gasteiger partial charge on any atom is -1.00 e. The van der Waals surface area contributed by atoms with Crippen LogP contribution in [0.4, 0.5) is 0 Å². The van der Waals surface area contributed by atoms with Gasteiger partial charge in [-0.25, -0.2) is 4.57 Å². The first-order chi connectivity index (χ1) is 10.8. The van der Waals surface area contributed by atoms with Gasteiger partial charge < -0.3 is 34.0 Å². The van der Waals surface area contributed by atoms with E-state index in [4.69, 9.17) is 5.26 Å². The first kappa shape index (κ1) is 20.0. The molecule has 0 atom stereocenters. The molecule has 2 heterocycles. The highest BCUT2D eigenvalue weighted by Crippen LogP contribution is 2.16. The molecule has 5 heteroatoms. The Morgan fingerprint density at radius 2 is 1.29 bits per heavy atom. The molecular formula is C19H17Br2N3. The zero-order chi connectivity index (χ0) is 15.4. The quantitative estimate of drug-likeness (QED) is 0.390. The molecule has 0 aliphatic carbocycles. The zero-order valence-electron chi connectivity index (χ0n) is 13.2. The maximum atomic E-state index is 8.84. The summed E-state index contributed by atoms with van der Waals surface area (Å²) in [5.41, 5.74) is 4.11. The molecule has 0 bridgehead atoms. The third-order valence-corrected chi connectivity index (χ3v) is 3.71. The van der Waals surface area contributed by atoms with E-state index < -0.39 is 0 Å². The van der Waals surface area contributed by atoms with Crippen LogP contribution in [0.1, 0.15) is 12.5 Å². The van der Waals surface area contributed by atoms with Crippen molar-refractivity contribution in [1.82, 2.24) is 0 Å². The fourth-order valence-electron chi connectivity index (χ4n) is 2.36. The van der Waals surface area contributed by atoms with Crippen LogP contribution < -0.4 is 43.1 Å². The van der Waals surface area contributed by atoms with E-state index in [1.165, 1.54) is 11.1 Å². The number of halogens is 2. The molecule has 0 spiro atoms. The van der Waals surface area contributed by atoms with Crippen LogP contribution in [-0.4, -0.2) is 0 Å². The Morgan fingerprint density at radius 1 is 0.792 bits per heavy atom. The predicted molar refractivity (Wildman–Crippen MR) is 84.0 cm³/mol. The Labute approximate surface area is 163 Å². The number of pyridine rings is 2. The standard InChI is InChI=1S/C19H17N3.2BrH/c1-2-21-11-7-17(8-12-21)18-9-13-22(14-10-18)19-5-3-16(15-20)4-6-19;;/h3-14H,2H2,1H3;2*1H/q+2;;/p-2. The number of hydrogen-bond acceptors (Lipinski definition) is 1. The number of benzene rings is 1. The number of aromatic nitrogens is 2. The van der Waals surface area contributed by atoms with Gasteiger partial charge in [0.1, 0.15) is 6.54 Å². The highest BCUT2D eigenvalue weighted by Gasteiger charge is 2.07. The molecule has 122 valence electrons. The largest absolute Gasteiger partial charge is 1.00 e. The fraction of sp³-hybridized carbons (Fsp3) is 0.105. The minimum absolute atomic E-state index is 0. The van der Waals surface area contributed by atoms with E-state index in [0.717, 1.165) is 12.2 Å². The van der Waals surface area contributed by atoms with E-state index >= 15 is 0 Å². The van der Waals surface area contributed by atoms with Gasteiger partial charge >= 0.3 is 0 Å². The molecular weight excluding hydrogens is 430 g/mol. The Balaban J connectivity index is 0.00000144. The number of nitriles is 1. The predicted octanol–water partition coefficient (Wildman–Crippen LogP) is -3.18. The topological polar surface area (TPSA) is 31.5 Å². The Morgan fingerprint density at radius 3 is 1.75 bits per heavy atom. The Hall–Kier alpha value is -2.03. The van der Waals surface area contributed by atoms with E-state index in [0.29, 0.717) is 5.56 Å². The number of rotatable bonds is 3. The average molecular weight is 447 g/mol. The van der Waals surface area contributed by atoms with Gasteiger partial charge in [0.05, 0.1) is 11.6 Å². The average Bonchev–Trinajstić information content (AvgIpc) is 2.62. The molecule has 2 aromatic heterocycles. The Kier molecular flexibility index (Phi) is 7.76. The van der Waals surface area contributed by atoms with Crippen molar-refractivity contribution in [2.75, 3.05) is 0 Å². The first-order valence-corrected chi connectivity index (χ1v) is 7.31. The van der Waals surface area contributed by atoms with Gasteiger partial charge in [-0.15, -0.1) is 0 Å². The summed E-state index contributed by atoms with van der Waals surface area (Å²) in [6.07, 6.45) is 8.27. The van der Waals surface area contributed by atoms with Crippen LogP contribution in [0.2, 0.25) is 0 Å². The zero-order valence-corrected chi connectivity index (χ0v) is 16.4. The fourth-order valence-corrected chi connectivity index (χ4v) is 2.36. The summed E-state index contributed by atoms with van der Waals surface area (Å²) in [5.74, 6) is 0. The van der Waals surface area contributed by atoms with Gasteiger partial charge in [0.2, 0.25) is 5.69 Å². The van der Waals surface area contributed by atoms with Gasteiger partial charge in [-0.3, -0.25) is 0 Å². The number of aryl methyl sites for hydroxylation is 1. The molecule has 3 rings (SSSR count). The van der Waals surface area contributed by atoms with Crippen LogP contribution in [0, 0.1) is 11.3 Å². The second-order valence-corrected chi connectivity index (χ2v) is 5.07. The highest BCUT2D eigenvalue weighted by atomic mass is 79.9. The molecule has 0 N–H and O–H groups in total. The molecule has 0 aliphatic rings. The van der Waals surface area contributed by atoms with E-state index in [9.17, 15) is 0 Å². The van der Waals surface area contributed by atoms with Crippen molar-refractivity contribution in [3.63, 3.8) is 0 Å². The molecule has 3 nitrogen and oxygen atoms in total. The van der Waals surface area contributed by atoms with Crippen LogP contribution in [0.3, 0.4) is 0 Å². The van der Waals surface area contributed by atoms with Gasteiger partial charge in [0.15, 0.2) is 24.8 Å². The molecule has 0 saturated carbocycles. The van der Waals surface area contributed by atoms with Crippen molar-refractivity contribution in [3.05, 3.63) is 78.9 Å². The van der Waals surface area contributed by atoms with Crippen molar-refractivity contribution in [2.45, 2.75) is 13.5 Å². The molecule has 0 saturated heterocycles. The second-order valence-electron chi connectivity index (χ2n) is 5.07. The SMILES string of the molecule is CC[n+]1ccc(-c2cc[n+](-c3ccc(C#N)cc3)cc2)cc1.[Br-].[Br-]. The van der Waals surface area contributed by atoms with Crippen molar-refractivity contribution >= 4 is 0 Å². The summed E-state index contributed by atoms with van der Waals surface area (Å²) in [5, 5.41) is 8.84. The minimum atomic E-state index is 0. The lowest BCUT2D eigenvalue weighted by atomic mass is 10.1. The van der Waals surface area contributed by atoms with Crippen molar-refractivity contribution < 1.29 is 43.1 Å². The van der Waals surface area contributed by atoms with Gasteiger partial charge in [-0.1, -0.05) is 0 Å². The summed E-state index contributed by atoms with van der Waals surface area (Å²) in [6.45, 7) is 3.11. The lowest BCUT2D eigenvalue weighted by Crippen LogP contribution is -3.00. The van der Waals surface area contributed by atoms with Crippen LogP contribution in [0.25, 0.3) is 16.8 Å². The van der Waals surface area contributed by atoms with Gasteiger partial charge in [-0.05, 0) is 30.2 Å². The van der Waals surface area contributed by atoms with Crippen LogP contribution in [0.5, 0.6) is 0 Å². The van der Waals surface area contributed by atoms with E-state index in [2.05, 4.69) is 54.2 Å². The third-order valence-electron chi connectivity index (χ3n) is 3.71. The lowest BCUT2D eigenvalue weighted by molar-refractivity contribution is -0.693. The molecule has 0 amide bonds. The summed E-state index contributed by atoms with van der Waals surface area (Å²) in [6, 6.07) is 18.2. The van der Waals surface area contributed by atoms with E-state index in [1.807, 2.05) is 41.2 Å². The summed E-state index contributed by atoms with van der Waals surface area (Å²) >= 11 is 0. The molecule has 0 unspecified atom stereocenters. The van der Waals surface area contributed by atoms with Crippen LogP contribution in [0.15, 0.2) is 73.3 Å². The van der Waals surface area contributed by atoms with Crippen molar-refractivity contribution in [3.8, 4) is 22.9 Å². The first-order valence-electron chi connectivity index (χ1n) is 7.31. The number of nitrogens with zero attached hydrogens (tertiary/aromatic N) is 3. The highest BCUT2D eigenvalue weighted by molar-refractivity contribution is 5.61. The summed E-state index contributed by atoms with van der Waals surface area (Å²) < 4.78 is 4.18. The van der Waals surface area contributed by atoms with Crippen LogP contribution >= 0.6 is 0 Å². The Bertz CT molecular complexity index is 805. The smallest absolute Gasteiger partial charge is 0.210 e. The van der Waals surface area contributed by atoms with E-state index in [-0.39, 0.29) is 34.0 Å². The monoisotopic (exact) mass is 445 g/mol. The summed E-state index contributed by atoms with van der Waals surface area (Å²) in [7, 11) is 0. The number of hydrogen-bond donors (Lipinski definition) is 0.